The van der Waals surface area contributed by atoms with Gasteiger partial charge in [-0.05, 0) is 30.4 Å². The summed E-state index contributed by atoms with van der Waals surface area (Å²) >= 11 is 0. The number of rotatable bonds is 12. The number of aryl methyl sites for hydroxylation is 1. The van der Waals surface area contributed by atoms with E-state index in [-0.39, 0.29) is 11.1 Å². The molecule has 0 saturated heterocycles. The highest BCUT2D eigenvalue weighted by Crippen LogP contribution is 2.25. The second-order valence-corrected chi connectivity index (χ2v) is 6.64. The normalized spacial score (nSPS) is 11.0. The van der Waals surface area contributed by atoms with E-state index >= 15 is 0 Å². The molecule has 0 aliphatic rings. The summed E-state index contributed by atoms with van der Waals surface area (Å²) < 4.78 is 25.4. The lowest BCUT2D eigenvalue weighted by Gasteiger charge is -2.09. The van der Waals surface area contributed by atoms with Crippen LogP contribution in [0.4, 0.5) is 4.39 Å². The van der Waals surface area contributed by atoms with Gasteiger partial charge in [-0.3, -0.25) is 0 Å². The predicted molar refractivity (Wildman–Crippen MR) is 104 cm³/mol. The Kier molecular flexibility index (Phi) is 8.39. The lowest BCUT2D eigenvalue weighted by Crippen LogP contribution is -2.07. The zero-order chi connectivity index (χ0) is 18.8. The van der Waals surface area contributed by atoms with Crippen molar-refractivity contribution >= 4 is 10.8 Å². The van der Waals surface area contributed by atoms with Gasteiger partial charge >= 0.3 is 5.63 Å². The first-order chi connectivity index (χ1) is 12.7. The van der Waals surface area contributed by atoms with Gasteiger partial charge in [0.25, 0.3) is 0 Å². The number of hydrogen-bond acceptors (Lipinski definition) is 3. The summed E-state index contributed by atoms with van der Waals surface area (Å²) in [4.78, 5) is 12.1. The standard InChI is InChI=1S/C22H29FO3/c1-3-5-7-8-9-10-11-15-25-19-14-13-17-16-18(12-6-4-2)26-22(24)20(17)21(19)23/h4,13-14,16H,2-3,5-12,15H2,1H3. The molecule has 1 aromatic carbocycles. The fourth-order valence-electron chi connectivity index (χ4n) is 2.99. The van der Waals surface area contributed by atoms with Crippen LogP contribution >= 0.6 is 0 Å². The number of allylic oxidation sites excluding steroid dienone is 1. The highest BCUT2D eigenvalue weighted by atomic mass is 19.1. The first kappa shape index (κ1) is 20.2. The number of benzene rings is 1. The van der Waals surface area contributed by atoms with E-state index in [2.05, 4.69) is 13.5 Å². The molecule has 0 spiro atoms. The maximum absolute atomic E-state index is 14.6. The summed E-state index contributed by atoms with van der Waals surface area (Å²) in [6, 6.07) is 5.02. The van der Waals surface area contributed by atoms with Crippen molar-refractivity contribution in [3.05, 3.63) is 52.9 Å². The van der Waals surface area contributed by atoms with Crippen LogP contribution < -0.4 is 10.4 Å². The van der Waals surface area contributed by atoms with Gasteiger partial charge in [-0.1, -0.05) is 57.6 Å². The molecule has 0 aliphatic carbocycles. The number of halogens is 1. The van der Waals surface area contributed by atoms with Crippen LogP contribution in [-0.4, -0.2) is 6.61 Å². The fourth-order valence-corrected chi connectivity index (χ4v) is 2.99. The maximum Gasteiger partial charge on any atom is 0.346 e. The second-order valence-electron chi connectivity index (χ2n) is 6.64. The van der Waals surface area contributed by atoms with E-state index in [4.69, 9.17) is 9.15 Å². The van der Waals surface area contributed by atoms with Gasteiger partial charge in [0.1, 0.15) is 11.1 Å². The zero-order valence-electron chi connectivity index (χ0n) is 15.7. The van der Waals surface area contributed by atoms with Gasteiger partial charge in [-0.2, -0.15) is 0 Å². The lowest BCUT2D eigenvalue weighted by molar-refractivity contribution is 0.291. The van der Waals surface area contributed by atoms with Crippen LogP contribution in [0.25, 0.3) is 10.8 Å². The summed E-state index contributed by atoms with van der Waals surface area (Å²) in [5.74, 6) is 0.0302. The molecule has 0 atom stereocenters. The maximum atomic E-state index is 14.6. The molecule has 0 unspecified atom stereocenters. The van der Waals surface area contributed by atoms with Crippen molar-refractivity contribution in [1.29, 1.82) is 0 Å². The summed E-state index contributed by atoms with van der Waals surface area (Å²) in [5, 5.41) is 0.505. The van der Waals surface area contributed by atoms with Gasteiger partial charge in [0.15, 0.2) is 11.6 Å². The molecule has 3 nitrogen and oxygen atoms in total. The minimum absolute atomic E-state index is 0.0376. The van der Waals surface area contributed by atoms with Crippen molar-refractivity contribution in [1.82, 2.24) is 0 Å². The minimum atomic E-state index is -0.652. The van der Waals surface area contributed by atoms with Gasteiger partial charge in [0, 0.05) is 6.42 Å². The lowest BCUT2D eigenvalue weighted by atomic mass is 10.1. The molecule has 0 N–H and O–H groups in total. The van der Waals surface area contributed by atoms with Crippen molar-refractivity contribution < 1.29 is 13.5 Å². The van der Waals surface area contributed by atoms with E-state index in [1.165, 1.54) is 32.1 Å². The molecule has 0 fully saturated rings. The van der Waals surface area contributed by atoms with Crippen LogP contribution in [-0.2, 0) is 6.42 Å². The van der Waals surface area contributed by atoms with Gasteiger partial charge in [-0.15, -0.1) is 6.58 Å². The monoisotopic (exact) mass is 360 g/mol. The average molecular weight is 360 g/mol. The Morgan fingerprint density at radius 2 is 1.88 bits per heavy atom. The molecule has 4 heteroatoms. The van der Waals surface area contributed by atoms with Crippen LogP contribution in [0.2, 0.25) is 0 Å². The van der Waals surface area contributed by atoms with E-state index in [0.29, 0.717) is 30.6 Å². The van der Waals surface area contributed by atoms with Gasteiger partial charge in [-0.25, -0.2) is 9.18 Å². The third kappa shape index (κ3) is 5.72. The summed E-state index contributed by atoms with van der Waals surface area (Å²) in [6.07, 6.45) is 11.2. The molecule has 0 radical (unpaired) electrons. The largest absolute Gasteiger partial charge is 0.490 e. The Hall–Kier alpha value is -2.10. The molecular weight excluding hydrogens is 331 g/mol. The summed E-state index contributed by atoms with van der Waals surface area (Å²) in [6.45, 7) is 6.31. The predicted octanol–water partition coefficient (Wildman–Crippen LogP) is 6.18. The van der Waals surface area contributed by atoms with Crippen LogP contribution in [0.1, 0.15) is 64.1 Å². The Labute approximate surface area is 154 Å². The van der Waals surface area contributed by atoms with E-state index in [0.717, 1.165) is 12.8 Å². The smallest absolute Gasteiger partial charge is 0.346 e. The number of hydrogen-bond donors (Lipinski definition) is 0. The first-order valence-electron chi connectivity index (χ1n) is 9.66. The molecule has 0 amide bonds. The van der Waals surface area contributed by atoms with Gasteiger partial charge < -0.3 is 9.15 Å². The van der Waals surface area contributed by atoms with Crippen LogP contribution in [0, 0.1) is 5.82 Å². The van der Waals surface area contributed by atoms with Crippen molar-refractivity contribution in [2.75, 3.05) is 6.61 Å². The minimum Gasteiger partial charge on any atom is -0.490 e. The third-order valence-corrected chi connectivity index (χ3v) is 4.48. The first-order valence-corrected chi connectivity index (χ1v) is 9.66. The Balaban J connectivity index is 1.95. The molecule has 1 aromatic heterocycles. The third-order valence-electron chi connectivity index (χ3n) is 4.48. The number of unbranched alkanes of at least 4 members (excludes halogenated alkanes) is 6. The van der Waals surface area contributed by atoms with Gasteiger partial charge in [0.2, 0.25) is 0 Å². The molecule has 1 heterocycles. The molecule has 142 valence electrons. The van der Waals surface area contributed by atoms with Crippen LogP contribution in [0.3, 0.4) is 0 Å². The van der Waals surface area contributed by atoms with Crippen LogP contribution in [0.15, 0.2) is 40.1 Å². The van der Waals surface area contributed by atoms with E-state index in [1.807, 2.05) is 0 Å². The van der Waals surface area contributed by atoms with E-state index in [1.54, 1.807) is 24.3 Å². The molecule has 0 bridgehead atoms. The quantitative estimate of drug-likeness (QED) is 0.335. The Morgan fingerprint density at radius 1 is 1.15 bits per heavy atom. The molecule has 0 saturated carbocycles. The van der Waals surface area contributed by atoms with Crippen molar-refractivity contribution in [3.63, 3.8) is 0 Å². The van der Waals surface area contributed by atoms with E-state index < -0.39 is 11.4 Å². The number of fused-ring (bicyclic) bond motifs is 1. The number of ether oxygens (including phenoxy) is 1. The van der Waals surface area contributed by atoms with Crippen molar-refractivity contribution in [3.8, 4) is 5.75 Å². The molecule has 0 aliphatic heterocycles. The molecule has 2 rings (SSSR count). The zero-order valence-corrected chi connectivity index (χ0v) is 15.7. The summed E-state index contributed by atoms with van der Waals surface area (Å²) in [7, 11) is 0. The van der Waals surface area contributed by atoms with Crippen molar-refractivity contribution in [2.45, 2.75) is 64.7 Å². The van der Waals surface area contributed by atoms with Gasteiger partial charge in [0.05, 0.1) is 6.61 Å². The molecule has 2 aromatic rings. The Bertz CT molecular complexity index is 764. The van der Waals surface area contributed by atoms with E-state index in [9.17, 15) is 9.18 Å². The average Bonchev–Trinajstić information content (AvgIpc) is 2.63. The Morgan fingerprint density at radius 3 is 2.62 bits per heavy atom. The highest BCUT2D eigenvalue weighted by molar-refractivity contribution is 5.83. The highest BCUT2D eigenvalue weighted by Gasteiger charge is 2.14. The van der Waals surface area contributed by atoms with Crippen molar-refractivity contribution in [2.24, 2.45) is 0 Å². The van der Waals surface area contributed by atoms with Crippen LogP contribution in [0.5, 0.6) is 5.75 Å². The molecular formula is C22H29FO3. The summed E-state index contributed by atoms with van der Waals surface area (Å²) in [5.41, 5.74) is -0.652. The second kappa shape index (κ2) is 10.8. The molecule has 26 heavy (non-hydrogen) atoms. The SMILES string of the molecule is C=CCCc1cc2ccc(OCCCCCCCCC)c(F)c2c(=O)o1. The fraction of sp³-hybridized carbons (Fsp3) is 0.500. The topological polar surface area (TPSA) is 39.4 Å².